The highest BCUT2D eigenvalue weighted by Gasteiger charge is 2.36. The maximum atomic E-state index is 12.4. The van der Waals surface area contributed by atoms with Crippen molar-refractivity contribution >= 4 is 90.5 Å². The lowest BCUT2D eigenvalue weighted by Crippen LogP contribution is -2.41. The number of hydrogen-bond acceptors (Lipinski definition) is 12. The lowest BCUT2D eigenvalue weighted by atomic mass is 9.92. The number of aromatic nitrogens is 4. The molecule has 0 spiro atoms. The van der Waals surface area contributed by atoms with Gasteiger partial charge in [-0.05, 0) is 325 Å². The average molecular weight is 1950 g/mol. The number of carbonyl (C=O) groups excluding carboxylic acids is 4. The van der Waals surface area contributed by atoms with Gasteiger partial charge in [-0.1, -0.05) is 72.2 Å². The Morgan fingerprint density at radius 3 is 0.781 bits per heavy atom. The molecule has 8 amide bonds. The molecule has 2 aliphatic heterocycles. The molecule has 6 heterocycles. The van der Waals surface area contributed by atoms with Crippen molar-refractivity contribution in [2.75, 3.05) is 60.9 Å². The second-order valence-corrected chi connectivity index (χ2v) is 41.2. The van der Waals surface area contributed by atoms with Gasteiger partial charge < -0.3 is 89.2 Å². The molecule has 0 radical (unpaired) electrons. The number of hydrogen-bond donors (Lipinski definition) is 8. The molecule has 8 aromatic carbocycles. The summed E-state index contributed by atoms with van der Waals surface area (Å²) in [5.74, 6) is 30.3. The summed E-state index contributed by atoms with van der Waals surface area (Å²) in [6.07, 6.45) is 36.2. The number of anilines is 4. The molecule has 24 nitrogen and oxygen atoms in total. The summed E-state index contributed by atoms with van der Waals surface area (Å²) >= 11 is 0. The summed E-state index contributed by atoms with van der Waals surface area (Å²) in [6.45, 7) is 8.26. The molecule has 0 unspecified atom stereocenters. The molecular weight excluding hydrogens is 1820 g/mol. The van der Waals surface area contributed by atoms with E-state index in [-0.39, 0.29) is 42.4 Å². The lowest BCUT2D eigenvalue weighted by Gasteiger charge is -2.30. The van der Waals surface area contributed by atoms with Gasteiger partial charge in [0.15, 0.2) is 12.1 Å². The second kappa shape index (κ2) is 45.3. The molecule has 146 heavy (non-hydrogen) atoms. The first-order valence-corrected chi connectivity index (χ1v) is 53.8. The van der Waals surface area contributed by atoms with E-state index in [1.165, 1.54) is 136 Å². The van der Waals surface area contributed by atoms with Crippen LogP contribution < -0.4 is 61.5 Å². The molecule has 0 bridgehead atoms. The van der Waals surface area contributed by atoms with E-state index in [4.69, 9.17) is 33.7 Å². The standard InChI is InChI=1S/C33H37N3O3.C31H32N4O3.C30H33N3O2.C28H28N4O2/c37-33(34-24-3-1-4-24)35-25-12-10-23(11-13-25)32-30(15-9-22-7-8-22)29-16-14-28(39-27-17-19-38-20-18-27)21-31(29)36(32)26-5-2-6-26;32-17-3-8-28-27-14-13-26(38-25-15-18-37-19-16-25)20-29(27)35(24-6-2-7-24)30(28)21-9-11-23(12-10-21)34-31(36)33-22-4-1-5-22;1-2-35-25-16-18-26-27(17-11-20-9-10-20)29(33(28(26)19-25)24-7-4-8-24)21-12-14-23(15-13-21)32-30(34)31-22-5-3-6-22;1-2-34-23-15-16-24-25(10-5-17-29)27(32(26(24)18-23)22-8-4-9-22)19-11-13-21(14-12-19)31-28(33)30-20-6-3-7-20/h10-14,16,21-22,24,26-27H,1-8,17-20H2,(H2,34,35,37);9-14,20,22,24-25H,1-2,4-7,15-16,18-19H2,(H2,33,34,36);12-16,18-20,22,24H,2-10H2,1H3,(H2,31,32,34);11-16,18,20,22H,2-4,6-9H2,1H3,(H2,30,31,33). The van der Waals surface area contributed by atoms with Gasteiger partial charge in [-0.2, -0.15) is 10.5 Å². The van der Waals surface area contributed by atoms with E-state index < -0.39 is 0 Å². The average Bonchev–Trinajstić information content (AvgIpc) is 1.60. The molecule has 2 saturated heterocycles. The summed E-state index contributed by atoms with van der Waals surface area (Å²) in [4.78, 5) is 49.3. The zero-order valence-electron chi connectivity index (χ0n) is 83.7. The number of carbonyl (C=O) groups is 4. The molecule has 24 rings (SSSR count). The first kappa shape index (κ1) is 97.4. The second-order valence-electron chi connectivity index (χ2n) is 41.2. The summed E-state index contributed by atoms with van der Waals surface area (Å²) < 4.78 is 45.2. The molecule has 12 fully saturated rings. The van der Waals surface area contributed by atoms with E-state index in [2.05, 4.69) is 187 Å². The van der Waals surface area contributed by atoms with Crippen LogP contribution in [-0.4, -0.2) is 118 Å². The van der Waals surface area contributed by atoms with Crippen molar-refractivity contribution < 1.29 is 47.6 Å². The monoisotopic (exact) mass is 1950 g/mol. The largest absolute Gasteiger partial charge is 0.494 e. The van der Waals surface area contributed by atoms with E-state index in [9.17, 15) is 24.4 Å². The topological polar surface area (TPSA) is 287 Å². The summed E-state index contributed by atoms with van der Waals surface area (Å²) in [6, 6.07) is 63.9. The first-order valence-electron chi connectivity index (χ1n) is 53.8. The van der Waals surface area contributed by atoms with E-state index in [0.717, 1.165) is 253 Å². The highest BCUT2D eigenvalue weighted by Crippen LogP contribution is 2.50. The van der Waals surface area contributed by atoms with Gasteiger partial charge in [-0.15, -0.1) is 0 Å². The Morgan fingerprint density at radius 1 is 0.308 bits per heavy atom. The van der Waals surface area contributed by atoms with Crippen LogP contribution in [0.1, 0.15) is 266 Å². The van der Waals surface area contributed by atoms with Gasteiger partial charge in [0.2, 0.25) is 0 Å². The molecule has 0 atom stereocenters. The highest BCUT2D eigenvalue weighted by molar-refractivity contribution is 6.02. The number of nitrogens with zero attached hydrogens (tertiary/aromatic N) is 6. The van der Waals surface area contributed by atoms with Crippen molar-refractivity contribution in [2.45, 2.75) is 280 Å². The minimum absolute atomic E-state index is 0.120. The summed E-state index contributed by atoms with van der Waals surface area (Å²) in [5.41, 5.74) is 20.3. The van der Waals surface area contributed by atoms with Gasteiger partial charge in [0.1, 0.15) is 35.2 Å². The maximum absolute atomic E-state index is 12.4. The predicted molar refractivity (Wildman–Crippen MR) is 576 cm³/mol. The quantitative estimate of drug-likeness (QED) is 0.0262. The Hall–Kier alpha value is -14.7. The van der Waals surface area contributed by atoms with Crippen LogP contribution in [0.15, 0.2) is 170 Å². The maximum Gasteiger partial charge on any atom is 0.319 e. The molecule has 24 heteroatoms. The smallest absolute Gasteiger partial charge is 0.319 e. The third-order valence-electron chi connectivity index (χ3n) is 31.1. The van der Waals surface area contributed by atoms with Crippen LogP contribution in [0.2, 0.25) is 0 Å². The van der Waals surface area contributed by atoms with Crippen molar-refractivity contribution in [2.24, 2.45) is 11.8 Å². The number of benzene rings is 8. The molecule has 10 saturated carbocycles. The van der Waals surface area contributed by atoms with Crippen LogP contribution in [-0.2, 0) is 9.47 Å². The number of ether oxygens (including phenoxy) is 6. The lowest BCUT2D eigenvalue weighted by molar-refractivity contribution is 0.0254. The zero-order chi connectivity index (χ0) is 99.4. The van der Waals surface area contributed by atoms with Crippen molar-refractivity contribution in [3.63, 3.8) is 0 Å². The van der Waals surface area contributed by atoms with Crippen LogP contribution in [0.25, 0.3) is 88.6 Å². The van der Waals surface area contributed by atoms with E-state index in [1.54, 1.807) is 0 Å². The van der Waals surface area contributed by atoms with Gasteiger partial charge in [0, 0.05) is 166 Å². The molecule has 12 aliphatic rings. The number of fused-ring (bicyclic) bond motifs is 4. The first-order chi connectivity index (χ1) is 71.8. The van der Waals surface area contributed by atoms with Crippen LogP contribution in [0.5, 0.6) is 23.0 Å². The number of amides is 8. The van der Waals surface area contributed by atoms with Gasteiger partial charge in [0.05, 0.1) is 107 Å². The van der Waals surface area contributed by atoms with Crippen molar-refractivity contribution in [1.29, 1.82) is 10.5 Å². The Labute approximate surface area is 855 Å². The van der Waals surface area contributed by atoms with Crippen molar-refractivity contribution in [1.82, 2.24) is 39.5 Å². The van der Waals surface area contributed by atoms with Gasteiger partial charge in [-0.25, -0.2) is 19.2 Å². The van der Waals surface area contributed by atoms with Crippen molar-refractivity contribution in [3.05, 3.63) is 192 Å². The predicted octanol–water partition coefficient (Wildman–Crippen LogP) is 26.0. The molecule has 8 N–H and O–H groups in total. The Bertz CT molecular complexity index is 7160. The van der Waals surface area contributed by atoms with Gasteiger partial charge in [0.25, 0.3) is 0 Å². The fourth-order valence-electron chi connectivity index (χ4n) is 21.0. The van der Waals surface area contributed by atoms with Gasteiger partial charge >= 0.3 is 24.1 Å². The number of nitrogens with one attached hydrogen (secondary N) is 8. The van der Waals surface area contributed by atoms with Crippen LogP contribution in [0.3, 0.4) is 0 Å². The minimum Gasteiger partial charge on any atom is -0.494 e. The Morgan fingerprint density at radius 2 is 0.555 bits per heavy atom. The fraction of sp³-hybridized carbons (Fsp3) is 0.426. The molecule has 10 aliphatic carbocycles. The minimum atomic E-state index is -0.163. The van der Waals surface area contributed by atoms with Crippen LogP contribution >= 0.6 is 0 Å². The van der Waals surface area contributed by atoms with Crippen molar-refractivity contribution in [3.8, 4) is 128 Å². The normalized spacial score (nSPS) is 17.9. The molecule has 4 aromatic heterocycles. The third kappa shape index (κ3) is 22.6. The zero-order valence-corrected chi connectivity index (χ0v) is 83.7. The number of nitriles is 2. The summed E-state index contributed by atoms with van der Waals surface area (Å²) in [7, 11) is 0. The number of urea groups is 4. The third-order valence-corrected chi connectivity index (χ3v) is 31.1. The molecule has 12 aromatic rings. The van der Waals surface area contributed by atoms with E-state index in [1.807, 2.05) is 117 Å². The number of rotatable bonds is 24. The van der Waals surface area contributed by atoms with E-state index >= 15 is 0 Å². The Kier molecular flexibility index (Phi) is 30.2. The Balaban J connectivity index is 0.000000115. The van der Waals surface area contributed by atoms with Gasteiger partial charge in [-0.3, -0.25) is 0 Å². The van der Waals surface area contributed by atoms with E-state index in [0.29, 0.717) is 67.3 Å². The van der Waals surface area contributed by atoms with Crippen LogP contribution in [0.4, 0.5) is 41.9 Å². The molecular formula is C122H130N14O10. The van der Waals surface area contributed by atoms with Crippen LogP contribution in [0, 0.1) is 81.9 Å². The molecule has 748 valence electrons. The summed E-state index contributed by atoms with van der Waals surface area (Å²) in [5, 5.41) is 46.8. The SMILES string of the molecule is CCOc1ccc2c(C#CC#N)c(-c3ccc(NC(=O)NC4CCC4)cc3)n(C3CCC3)c2c1.CCOc1ccc2c(C#CC3CC3)c(-c3ccc(NC(=O)NC4CCC4)cc3)n(C3CCC3)c2c1.N#CC#Cc1c(-c2ccc(NC(=O)NC3CCC3)cc2)n(C2CCC2)c2cc(OC3CCOCC3)ccc12.O=C(Nc1ccc(-c2c(C#CC3CC3)c3ccc(OC4CCOCC4)cc3n2C2CCC2)cc1)NC1CCC1. The highest BCUT2D eigenvalue weighted by atomic mass is 16.5. The fourth-order valence-corrected chi connectivity index (χ4v) is 21.0.